The van der Waals surface area contributed by atoms with Gasteiger partial charge in [-0.2, -0.15) is 4.98 Å². The number of hydrogen-bond acceptors (Lipinski definition) is 5. The molecule has 25 heavy (non-hydrogen) atoms. The average molecular weight is 339 g/mol. The predicted octanol–water partition coefficient (Wildman–Crippen LogP) is 3.50. The summed E-state index contributed by atoms with van der Waals surface area (Å²) in [5.74, 6) is 1.75. The summed E-state index contributed by atoms with van der Waals surface area (Å²) in [5.41, 5.74) is 2.11. The highest BCUT2D eigenvalue weighted by molar-refractivity contribution is 5.64. The Labute approximate surface area is 151 Å². The van der Waals surface area contributed by atoms with Crippen LogP contribution in [-0.2, 0) is 0 Å². The minimum atomic E-state index is 0.392. The van der Waals surface area contributed by atoms with Crippen LogP contribution in [0.5, 0.6) is 0 Å². The van der Waals surface area contributed by atoms with Crippen molar-refractivity contribution in [3.8, 4) is 11.3 Å². The van der Waals surface area contributed by atoms with Crippen LogP contribution in [-0.4, -0.2) is 53.6 Å². The summed E-state index contributed by atoms with van der Waals surface area (Å²) in [4.78, 5) is 14.4. The third-order valence-electron chi connectivity index (χ3n) is 4.89. The third kappa shape index (κ3) is 4.48. The van der Waals surface area contributed by atoms with E-state index in [1.165, 1.54) is 0 Å². The Morgan fingerprint density at radius 1 is 1.04 bits per heavy atom. The lowest BCUT2D eigenvalue weighted by molar-refractivity contribution is 0.270. The van der Waals surface area contributed by atoms with E-state index >= 15 is 0 Å². The minimum Gasteiger partial charge on any atom is -0.367 e. The van der Waals surface area contributed by atoms with E-state index in [9.17, 15) is 0 Å². The second-order valence-electron chi connectivity index (χ2n) is 6.68. The van der Waals surface area contributed by atoms with Gasteiger partial charge in [-0.3, -0.25) is 0 Å². The second-order valence-corrected chi connectivity index (χ2v) is 6.68. The van der Waals surface area contributed by atoms with Gasteiger partial charge >= 0.3 is 0 Å². The molecule has 1 aliphatic rings. The van der Waals surface area contributed by atoms with E-state index < -0.39 is 0 Å². The lowest BCUT2D eigenvalue weighted by Gasteiger charge is -2.34. The van der Waals surface area contributed by atoms with E-state index in [1.807, 2.05) is 6.07 Å². The highest BCUT2D eigenvalue weighted by atomic mass is 15.3. The van der Waals surface area contributed by atoms with Crippen LogP contribution in [0.25, 0.3) is 11.3 Å². The largest absolute Gasteiger partial charge is 0.367 e. The summed E-state index contributed by atoms with van der Waals surface area (Å²) in [6, 6.07) is 12.8. The molecule has 0 aliphatic carbocycles. The van der Waals surface area contributed by atoms with Crippen LogP contribution in [0.1, 0.15) is 27.2 Å². The quantitative estimate of drug-likeness (QED) is 0.873. The number of anilines is 2. The molecule has 0 bridgehead atoms. The van der Waals surface area contributed by atoms with Crippen LogP contribution in [0.4, 0.5) is 11.8 Å². The van der Waals surface area contributed by atoms with Crippen molar-refractivity contribution in [2.24, 2.45) is 0 Å². The first-order chi connectivity index (χ1) is 12.2. The van der Waals surface area contributed by atoms with Crippen LogP contribution in [0.2, 0.25) is 0 Å². The molecule has 1 N–H and O–H groups in total. The lowest BCUT2D eigenvalue weighted by atomic mass is 10.1. The van der Waals surface area contributed by atoms with Gasteiger partial charge in [0.25, 0.3) is 0 Å². The number of likely N-dealkylation sites (N-methyl/N-ethyl adjacent to an activating group) is 1. The molecule has 5 heteroatoms. The van der Waals surface area contributed by atoms with Crippen LogP contribution in [0.15, 0.2) is 36.4 Å². The Morgan fingerprint density at radius 2 is 1.76 bits per heavy atom. The molecule has 2 heterocycles. The first kappa shape index (κ1) is 17.7. The van der Waals surface area contributed by atoms with Gasteiger partial charge in [-0.15, -0.1) is 0 Å². The van der Waals surface area contributed by atoms with Gasteiger partial charge in [0.05, 0.1) is 5.69 Å². The predicted molar refractivity (Wildman–Crippen MR) is 105 cm³/mol. The fourth-order valence-corrected chi connectivity index (χ4v) is 3.03. The smallest absolute Gasteiger partial charge is 0.227 e. The number of benzene rings is 1. The maximum absolute atomic E-state index is 4.87. The molecule has 1 aliphatic heterocycles. The summed E-state index contributed by atoms with van der Waals surface area (Å²) in [6.45, 7) is 11.8. The van der Waals surface area contributed by atoms with Crippen molar-refractivity contribution >= 4 is 11.8 Å². The van der Waals surface area contributed by atoms with Crippen LogP contribution in [0, 0.1) is 0 Å². The first-order valence-electron chi connectivity index (χ1n) is 9.38. The number of hydrogen-bond donors (Lipinski definition) is 1. The van der Waals surface area contributed by atoms with E-state index in [4.69, 9.17) is 9.97 Å². The zero-order chi connectivity index (χ0) is 17.6. The topological polar surface area (TPSA) is 44.3 Å². The van der Waals surface area contributed by atoms with Gasteiger partial charge in [0, 0.05) is 43.9 Å². The van der Waals surface area contributed by atoms with Gasteiger partial charge in [-0.25, -0.2) is 4.98 Å². The van der Waals surface area contributed by atoms with Crippen molar-refractivity contribution in [2.45, 2.75) is 33.2 Å². The van der Waals surface area contributed by atoms with E-state index in [0.29, 0.717) is 6.04 Å². The molecule has 134 valence electrons. The summed E-state index contributed by atoms with van der Waals surface area (Å²) < 4.78 is 0. The Morgan fingerprint density at radius 3 is 2.40 bits per heavy atom. The van der Waals surface area contributed by atoms with Crippen molar-refractivity contribution in [3.63, 3.8) is 0 Å². The van der Waals surface area contributed by atoms with Gasteiger partial charge in [0.2, 0.25) is 5.95 Å². The lowest BCUT2D eigenvalue weighted by Crippen LogP contribution is -2.46. The zero-order valence-electron chi connectivity index (χ0n) is 15.6. The van der Waals surface area contributed by atoms with Crippen molar-refractivity contribution in [3.05, 3.63) is 36.4 Å². The number of nitrogens with zero attached hydrogens (tertiary/aromatic N) is 4. The minimum absolute atomic E-state index is 0.392. The molecule has 0 radical (unpaired) electrons. The molecule has 1 aromatic heterocycles. The Bertz CT molecular complexity index is 665. The highest BCUT2D eigenvalue weighted by Gasteiger charge is 2.19. The molecule has 0 saturated carbocycles. The molecule has 0 spiro atoms. The monoisotopic (exact) mass is 339 g/mol. The maximum atomic E-state index is 4.87. The van der Waals surface area contributed by atoms with Crippen LogP contribution >= 0.6 is 0 Å². The fraction of sp³-hybridized carbons (Fsp3) is 0.500. The van der Waals surface area contributed by atoms with Gasteiger partial charge in [0.15, 0.2) is 0 Å². The normalized spacial score (nSPS) is 16.7. The molecule has 3 rings (SSSR count). The van der Waals surface area contributed by atoms with Gasteiger partial charge < -0.3 is 15.1 Å². The van der Waals surface area contributed by atoms with Gasteiger partial charge in [0.1, 0.15) is 5.82 Å². The molecule has 1 fully saturated rings. The van der Waals surface area contributed by atoms with E-state index in [2.05, 4.69) is 66.2 Å². The molecule has 1 atom stereocenters. The molecular weight excluding hydrogens is 310 g/mol. The molecule has 5 nitrogen and oxygen atoms in total. The summed E-state index contributed by atoms with van der Waals surface area (Å²) in [6.07, 6.45) is 1.06. The number of piperazine rings is 1. The molecule has 0 amide bonds. The second kappa shape index (κ2) is 8.30. The van der Waals surface area contributed by atoms with Crippen molar-refractivity contribution in [1.29, 1.82) is 0 Å². The van der Waals surface area contributed by atoms with Crippen LogP contribution in [0.3, 0.4) is 0 Å². The number of nitrogens with one attached hydrogen (secondary N) is 1. The van der Waals surface area contributed by atoms with E-state index in [0.717, 1.165) is 62.2 Å². The molecular formula is C20H29N5. The molecule has 1 unspecified atom stereocenters. The number of rotatable bonds is 6. The Hall–Kier alpha value is -2.14. The molecule has 1 aromatic carbocycles. The maximum Gasteiger partial charge on any atom is 0.227 e. The zero-order valence-corrected chi connectivity index (χ0v) is 15.6. The van der Waals surface area contributed by atoms with Crippen molar-refractivity contribution in [1.82, 2.24) is 14.9 Å². The van der Waals surface area contributed by atoms with Gasteiger partial charge in [-0.1, -0.05) is 44.2 Å². The first-order valence-corrected chi connectivity index (χ1v) is 9.38. The van der Waals surface area contributed by atoms with Crippen molar-refractivity contribution in [2.75, 3.05) is 42.9 Å². The molecule has 1 saturated heterocycles. The third-order valence-corrected chi connectivity index (χ3v) is 4.89. The summed E-state index contributed by atoms with van der Waals surface area (Å²) in [7, 11) is 0. The summed E-state index contributed by atoms with van der Waals surface area (Å²) in [5, 5.41) is 3.51. The molecule has 2 aromatic rings. The van der Waals surface area contributed by atoms with Crippen LogP contribution < -0.4 is 10.2 Å². The average Bonchev–Trinajstić information content (AvgIpc) is 2.68. The fourth-order valence-electron chi connectivity index (χ4n) is 3.03. The van der Waals surface area contributed by atoms with E-state index in [-0.39, 0.29) is 0 Å². The SMILES string of the molecule is CCC(C)Nc1cc(-c2ccccc2)nc(N2CCN(CC)CC2)n1. The number of aromatic nitrogens is 2. The van der Waals surface area contributed by atoms with E-state index in [1.54, 1.807) is 0 Å². The highest BCUT2D eigenvalue weighted by Crippen LogP contribution is 2.24. The Kier molecular flexibility index (Phi) is 5.87. The standard InChI is InChI=1S/C20H29N5/c1-4-16(3)21-19-15-18(17-9-7-6-8-10-17)22-20(23-19)25-13-11-24(5-2)12-14-25/h6-10,15-16H,4-5,11-14H2,1-3H3,(H,21,22,23). The van der Waals surface area contributed by atoms with Gasteiger partial charge in [-0.05, 0) is 19.9 Å². The van der Waals surface area contributed by atoms with Crippen molar-refractivity contribution < 1.29 is 0 Å². The Balaban J connectivity index is 1.90. The summed E-state index contributed by atoms with van der Waals surface area (Å²) >= 11 is 0.